The Labute approximate surface area is 169 Å². The average Bonchev–Trinajstić information content (AvgIpc) is 2.83. The van der Waals surface area contributed by atoms with Gasteiger partial charge in [0.2, 0.25) is 11.8 Å². The van der Waals surface area contributed by atoms with Crippen molar-refractivity contribution in [3.05, 3.63) is 0 Å². The van der Waals surface area contributed by atoms with Gasteiger partial charge in [0, 0.05) is 26.3 Å². The quantitative estimate of drug-likeness (QED) is 0.657. The van der Waals surface area contributed by atoms with Crippen molar-refractivity contribution in [3.63, 3.8) is 0 Å². The number of nitrogens with zero attached hydrogens (tertiary/aromatic N) is 1. The molecule has 1 aliphatic rings. The molecular weight excluding hydrogens is 366 g/mol. The lowest BCUT2D eigenvalue weighted by Crippen LogP contribution is -2.26. The van der Waals surface area contributed by atoms with Crippen molar-refractivity contribution in [2.24, 2.45) is 0 Å². The standard InChI is InChI=1S/C6H9NO2S.2C4H8O.C3H6O.C3H8/c1-7-5(8)3-4(10-2)6(7)9;2*1-3-4(2)5;1-3(2)4;1-3-2/h4H,3H2,1-2H3;2*3H2,1-2H3;1-2H3;3H2,1-2H3. The van der Waals surface area contributed by atoms with Crippen molar-refractivity contribution in [2.45, 2.75) is 86.3 Å². The molecule has 7 heteroatoms. The summed E-state index contributed by atoms with van der Waals surface area (Å²) >= 11 is 1.44. The van der Waals surface area contributed by atoms with E-state index in [0.29, 0.717) is 19.3 Å². The molecule has 6 nitrogen and oxygen atoms in total. The molecule has 0 aromatic heterocycles. The Hall–Kier alpha value is -1.50. The van der Waals surface area contributed by atoms with Crippen LogP contribution in [0.4, 0.5) is 0 Å². The molecule has 1 saturated heterocycles. The average molecular weight is 406 g/mol. The van der Waals surface area contributed by atoms with Gasteiger partial charge >= 0.3 is 0 Å². The monoisotopic (exact) mass is 405 g/mol. The van der Waals surface area contributed by atoms with E-state index in [1.54, 1.807) is 13.8 Å². The molecule has 0 N–H and O–H groups in total. The SMILES string of the molecule is CC(C)=O.CCC.CCC(C)=O.CCC(C)=O.CSC1CC(=O)N(C)C1=O. The Morgan fingerprint density at radius 2 is 1.19 bits per heavy atom. The maximum atomic E-state index is 11.0. The van der Waals surface area contributed by atoms with Crippen molar-refractivity contribution in [2.75, 3.05) is 13.3 Å². The summed E-state index contributed by atoms with van der Waals surface area (Å²) in [5.74, 6) is 0.553. The minimum absolute atomic E-state index is 0.0579. The van der Waals surface area contributed by atoms with Crippen molar-refractivity contribution in [1.82, 2.24) is 4.90 Å². The highest BCUT2D eigenvalue weighted by Crippen LogP contribution is 2.21. The van der Waals surface area contributed by atoms with Gasteiger partial charge < -0.3 is 14.4 Å². The number of imide groups is 1. The molecule has 1 fully saturated rings. The molecule has 1 aliphatic heterocycles. The van der Waals surface area contributed by atoms with E-state index in [2.05, 4.69) is 13.8 Å². The van der Waals surface area contributed by atoms with Gasteiger partial charge in [0.15, 0.2) is 0 Å². The number of rotatable bonds is 3. The predicted molar refractivity (Wildman–Crippen MR) is 114 cm³/mol. The molecular formula is C20H39NO5S. The van der Waals surface area contributed by atoms with Crippen LogP contribution in [0.2, 0.25) is 0 Å². The van der Waals surface area contributed by atoms with Crippen LogP contribution in [0.25, 0.3) is 0 Å². The van der Waals surface area contributed by atoms with Gasteiger partial charge in [0.05, 0.1) is 5.25 Å². The van der Waals surface area contributed by atoms with Crippen LogP contribution in [0.5, 0.6) is 0 Å². The summed E-state index contributed by atoms with van der Waals surface area (Å²) in [7, 11) is 1.53. The minimum Gasteiger partial charge on any atom is -0.300 e. The fraction of sp³-hybridized carbons (Fsp3) is 0.750. The predicted octanol–water partition coefficient (Wildman–Crippen LogP) is 4.09. The molecule has 0 bridgehead atoms. The lowest BCUT2D eigenvalue weighted by Gasteiger charge is -2.04. The molecule has 0 aromatic rings. The van der Waals surface area contributed by atoms with E-state index in [0.717, 1.165) is 0 Å². The normalized spacial score (nSPS) is 14.1. The number of carbonyl (C=O) groups excluding carboxylic acids is 5. The Bertz CT molecular complexity index is 432. The number of carbonyl (C=O) groups is 5. The van der Waals surface area contributed by atoms with Crippen LogP contribution in [0.15, 0.2) is 0 Å². The Balaban J connectivity index is -0.000000134. The third kappa shape index (κ3) is 29.5. The maximum Gasteiger partial charge on any atom is 0.242 e. The molecule has 2 amide bonds. The summed E-state index contributed by atoms with van der Waals surface area (Å²) < 4.78 is 0. The number of Topliss-reactive ketones (excluding diaryl/α,β-unsaturated/α-hetero) is 3. The van der Waals surface area contributed by atoms with Gasteiger partial charge in [-0.3, -0.25) is 14.5 Å². The third-order valence-corrected chi connectivity index (χ3v) is 3.56. The second kappa shape index (κ2) is 22.5. The van der Waals surface area contributed by atoms with Crippen molar-refractivity contribution >= 4 is 40.9 Å². The number of hydrogen-bond acceptors (Lipinski definition) is 6. The lowest BCUT2D eigenvalue weighted by atomic mass is 10.4. The molecule has 160 valence electrons. The molecule has 0 aromatic carbocycles. The van der Waals surface area contributed by atoms with Crippen molar-refractivity contribution < 1.29 is 24.0 Å². The topological polar surface area (TPSA) is 88.6 Å². The van der Waals surface area contributed by atoms with Crippen LogP contribution in [0, 0.1) is 0 Å². The van der Waals surface area contributed by atoms with Crippen LogP contribution in [0.3, 0.4) is 0 Å². The maximum absolute atomic E-state index is 11.0. The number of ketones is 3. The van der Waals surface area contributed by atoms with Gasteiger partial charge in [0.1, 0.15) is 17.3 Å². The second-order valence-corrected chi connectivity index (χ2v) is 6.99. The molecule has 0 spiro atoms. The van der Waals surface area contributed by atoms with E-state index < -0.39 is 0 Å². The first kappa shape index (κ1) is 33.1. The zero-order valence-corrected chi connectivity index (χ0v) is 19.6. The number of hydrogen-bond donors (Lipinski definition) is 0. The molecule has 1 atom stereocenters. The van der Waals surface area contributed by atoms with Gasteiger partial charge in [-0.1, -0.05) is 34.1 Å². The van der Waals surface area contributed by atoms with Crippen LogP contribution in [-0.2, 0) is 24.0 Å². The summed E-state index contributed by atoms with van der Waals surface area (Å²) in [6.07, 6.45) is 4.80. The van der Waals surface area contributed by atoms with Gasteiger partial charge in [-0.15, -0.1) is 0 Å². The molecule has 0 aliphatic carbocycles. The molecule has 1 rings (SSSR count). The zero-order chi connectivity index (χ0) is 22.6. The summed E-state index contributed by atoms with van der Waals surface area (Å²) in [6, 6.07) is 0. The van der Waals surface area contributed by atoms with Gasteiger partial charge in [-0.25, -0.2) is 0 Å². The fourth-order valence-corrected chi connectivity index (χ4v) is 1.57. The van der Waals surface area contributed by atoms with E-state index in [1.807, 2.05) is 20.1 Å². The van der Waals surface area contributed by atoms with Crippen molar-refractivity contribution in [1.29, 1.82) is 0 Å². The molecule has 1 heterocycles. The number of thioether (sulfide) groups is 1. The first-order valence-electron chi connectivity index (χ1n) is 9.15. The van der Waals surface area contributed by atoms with Crippen molar-refractivity contribution in [3.8, 4) is 0 Å². The smallest absolute Gasteiger partial charge is 0.242 e. The van der Waals surface area contributed by atoms with E-state index in [9.17, 15) is 24.0 Å². The van der Waals surface area contributed by atoms with E-state index in [1.165, 1.54) is 44.0 Å². The zero-order valence-electron chi connectivity index (χ0n) is 18.8. The van der Waals surface area contributed by atoms with Crippen LogP contribution in [0.1, 0.15) is 81.1 Å². The van der Waals surface area contributed by atoms with E-state index >= 15 is 0 Å². The first-order chi connectivity index (χ1) is 12.4. The lowest BCUT2D eigenvalue weighted by molar-refractivity contribution is -0.136. The third-order valence-electron chi connectivity index (χ3n) is 2.62. The van der Waals surface area contributed by atoms with Gasteiger partial charge in [0.25, 0.3) is 0 Å². The highest BCUT2D eigenvalue weighted by atomic mass is 32.2. The Kier molecular flexibility index (Phi) is 27.6. The summed E-state index contributed by atoms with van der Waals surface area (Å²) in [6.45, 7) is 14.2. The second-order valence-electron chi connectivity index (χ2n) is 5.95. The molecule has 0 radical (unpaired) electrons. The Morgan fingerprint density at radius 1 is 0.926 bits per heavy atom. The van der Waals surface area contributed by atoms with E-state index in [4.69, 9.17) is 0 Å². The highest BCUT2D eigenvalue weighted by molar-refractivity contribution is 8.00. The van der Waals surface area contributed by atoms with Gasteiger partial charge in [-0.2, -0.15) is 11.8 Å². The van der Waals surface area contributed by atoms with Crippen LogP contribution >= 0.6 is 11.8 Å². The summed E-state index contributed by atoms with van der Waals surface area (Å²) in [4.78, 5) is 52.1. The summed E-state index contributed by atoms with van der Waals surface area (Å²) in [5.41, 5.74) is 0. The van der Waals surface area contributed by atoms with Crippen LogP contribution in [-0.4, -0.2) is 52.6 Å². The van der Waals surface area contributed by atoms with Crippen LogP contribution < -0.4 is 0 Å². The number of amides is 2. The molecule has 27 heavy (non-hydrogen) atoms. The first-order valence-corrected chi connectivity index (χ1v) is 10.4. The van der Waals surface area contributed by atoms with Gasteiger partial charge in [-0.05, 0) is 34.0 Å². The Morgan fingerprint density at radius 3 is 1.26 bits per heavy atom. The largest absolute Gasteiger partial charge is 0.300 e. The highest BCUT2D eigenvalue weighted by Gasteiger charge is 2.34. The molecule has 0 saturated carbocycles. The van der Waals surface area contributed by atoms with E-state index in [-0.39, 0.29) is 34.4 Å². The number of likely N-dealkylation sites (tertiary alicyclic amines) is 1. The molecule has 1 unspecified atom stereocenters. The summed E-state index contributed by atoms with van der Waals surface area (Å²) in [5, 5.41) is -0.127. The fourth-order valence-electron chi connectivity index (χ4n) is 0.906. The minimum atomic E-state index is -0.127.